The molecule has 0 radical (unpaired) electrons. The van der Waals surface area contributed by atoms with E-state index in [4.69, 9.17) is 10.6 Å². The Kier molecular flexibility index (Phi) is 7.49. The Balaban J connectivity index is 4.01. The molecule has 0 aliphatic carbocycles. The molecule has 1 amide bonds. The van der Waals surface area contributed by atoms with Gasteiger partial charge in [-0.25, -0.2) is 5.06 Å². The highest BCUT2D eigenvalue weighted by molar-refractivity contribution is 5.80. The summed E-state index contributed by atoms with van der Waals surface area (Å²) in [5.74, 6) is 0.486. The first-order valence-electron chi connectivity index (χ1n) is 5.28. The monoisotopic (exact) mass is 230 g/mol. The topological polar surface area (TPSA) is 79.9 Å². The zero-order valence-electron chi connectivity index (χ0n) is 10.5. The third-order valence-corrected chi connectivity index (χ3v) is 2.24. The van der Waals surface area contributed by atoms with Crippen LogP contribution in [0.2, 0.25) is 0 Å². The molecular formula is C10H22N4O2. The molecule has 0 saturated carbocycles. The van der Waals surface area contributed by atoms with Crippen LogP contribution in [0.25, 0.3) is 0 Å². The predicted molar refractivity (Wildman–Crippen MR) is 64.0 cm³/mol. The molecule has 0 spiro atoms. The number of rotatable bonds is 7. The molecule has 0 rings (SSSR count). The third-order valence-electron chi connectivity index (χ3n) is 2.24. The van der Waals surface area contributed by atoms with E-state index in [-0.39, 0.29) is 11.9 Å². The summed E-state index contributed by atoms with van der Waals surface area (Å²) in [6.45, 7) is 2.39. The molecule has 0 aromatic carbocycles. The van der Waals surface area contributed by atoms with Crippen molar-refractivity contribution in [2.24, 2.45) is 10.7 Å². The standard InChI is InChI=1S/C10H22N4O2/c1-8(11)13-7-5-6-9(12-2)10(15)14(3)16-4/h9,12H,5-7H2,1-4H3,(H2,11,13). The summed E-state index contributed by atoms with van der Waals surface area (Å²) in [6, 6.07) is -0.238. The van der Waals surface area contributed by atoms with Gasteiger partial charge in [-0.15, -0.1) is 0 Å². The van der Waals surface area contributed by atoms with Crippen molar-refractivity contribution in [3.05, 3.63) is 0 Å². The smallest absolute Gasteiger partial charge is 0.262 e. The maximum Gasteiger partial charge on any atom is 0.262 e. The van der Waals surface area contributed by atoms with Gasteiger partial charge in [-0.2, -0.15) is 0 Å². The fourth-order valence-electron chi connectivity index (χ4n) is 1.25. The third kappa shape index (κ3) is 5.67. The van der Waals surface area contributed by atoms with Gasteiger partial charge in [-0.05, 0) is 26.8 Å². The second kappa shape index (κ2) is 8.06. The summed E-state index contributed by atoms with van der Waals surface area (Å²) < 4.78 is 0. The van der Waals surface area contributed by atoms with Gasteiger partial charge in [0.25, 0.3) is 5.91 Å². The second-order valence-corrected chi connectivity index (χ2v) is 3.52. The summed E-state index contributed by atoms with van der Waals surface area (Å²) in [7, 11) is 4.81. The van der Waals surface area contributed by atoms with Crippen molar-refractivity contribution in [2.45, 2.75) is 25.8 Å². The number of carbonyl (C=O) groups is 1. The normalized spacial score (nSPS) is 13.6. The molecule has 0 saturated heterocycles. The molecule has 0 fully saturated rings. The van der Waals surface area contributed by atoms with E-state index in [1.165, 1.54) is 12.2 Å². The average molecular weight is 230 g/mol. The highest BCUT2D eigenvalue weighted by atomic mass is 16.7. The van der Waals surface area contributed by atoms with Gasteiger partial charge in [0.15, 0.2) is 0 Å². The van der Waals surface area contributed by atoms with Gasteiger partial charge in [0.05, 0.1) is 19.0 Å². The van der Waals surface area contributed by atoms with Gasteiger partial charge in [-0.3, -0.25) is 14.6 Å². The summed E-state index contributed by atoms with van der Waals surface area (Å²) in [4.78, 5) is 20.6. The zero-order valence-corrected chi connectivity index (χ0v) is 10.5. The molecule has 6 nitrogen and oxygen atoms in total. The first-order chi connectivity index (χ1) is 7.52. The van der Waals surface area contributed by atoms with Crippen LogP contribution in [0.1, 0.15) is 19.8 Å². The zero-order chi connectivity index (χ0) is 12.6. The molecule has 0 bridgehead atoms. The van der Waals surface area contributed by atoms with Crippen molar-refractivity contribution >= 4 is 11.7 Å². The van der Waals surface area contributed by atoms with E-state index < -0.39 is 0 Å². The lowest BCUT2D eigenvalue weighted by atomic mass is 10.1. The number of nitrogens with one attached hydrogen (secondary N) is 1. The van der Waals surface area contributed by atoms with Crippen LogP contribution in [-0.2, 0) is 9.63 Å². The van der Waals surface area contributed by atoms with Crippen molar-refractivity contribution in [1.29, 1.82) is 0 Å². The van der Waals surface area contributed by atoms with Crippen LogP contribution < -0.4 is 11.1 Å². The van der Waals surface area contributed by atoms with E-state index in [1.807, 2.05) is 0 Å². The summed E-state index contributed by atoms with van der Waals surface area (Å²) in [5, 5.41) is 4.18. The number of aliphatic imine (C=N–C) groups is 1. The van der Waals surface area contributed by atoms with Crippen LogP contribution in [-0.4, -0.2) is 50.6 Å². The second-order valence-electron chi connectivity index (χ2n) is 3.52. The Morgan fingerprint density at radius 1 is 1.62 bits per heavy atom. The number of hydrogen-bond acceptors (Lipinski definition) is 4. The SMILES string of the molecule is CNC(CCCN=C(C)N)C(=O)N(C)OC. The number of hydroxylamine groups is 2. The number of carbonyl (C=O) groups excluding carboxylic acids is 1. The van der Waals surface area contributed by atoms with Crippen LogP contribution in [0.15, 0.2) is 4.99 Å². The number of hydrogen-bond donors (Lipinski definition) is 2. The minimum Gasteiger partial charge on any atom is -0.388 e. The van der Waals surface area contributed by atoms with E-state index in [0.717, 1.165) is 6.42 Å². The first kappa shape index (κ1) is 14.9. The minimum atomic E-state index is -0.238. The van der Waals surface area contributed by atoms with Gasteiger partial charge in [0.2, 0.25) is 0 Å². The lowest BCUT2D eigenvalue weighted by Gasteiger charge is -2.20. The molecule has 1 unspecified atom stereocenters. The molecule has 16 heavy (non-hydrogen) atoms. The van der Waals surface area contributed by atoms with Gasteiger partial charge < -0.3 is 11.1 Å². The number of nitrogens with two attached hydrogens (primary N) is 1. The molecule has 0 aliphatic heterocycles. The first-order valence-corrected chi connectivity index (χ1v) is 5.28. The minimum absolute atomic E-state index is 0.0848. The molecule has 0 aromatic rings. The number of nitrogens with zero attached hydrogens (tertiary/aromatic N) is 2. The molecule has 6 heteroatoms. The van der Waals surface area contributed by atoms with Gasteiger partial charge >= 0.3 is 0 Å². The summed E-state index contributed by atoms with van der Waals surface area (Å²) in [6.07, 6.45) is 1.52. The predicted octanol–water partition coefficient (Wildman–Crippen LogP) is -0.248. The van der Waals surface area contributed by atoms with E-state index in [2.05, 4.69) is 10.3 Å². The van der Waals surface area contributed by atoms with Crippen molar-refractivity contribution in [3.8, 4) is 0 Å². The Labute approximate surface area is 96.8 Å². The highest BCUT2D eigenvalue weighted by Crippen LogP contribution is 2.01. The Morgan fingerprint density at radius 3 is 2.69 bits per heavy atom. The lowest BCUT2D eigenvalue weighted by Crippen LogP contribution is -2.43. The Hall–Kier alpha value is -1.14. The average Bonchev–Trinajstić information content (AvgIpc) is 2.27. The van der Waals surface area contributed by atoms with Crippen LogP contribution >= 0.6 is 0 Å². The van der Waals surface area contributed by atoms with Crippen LogP contribution in [0, 0.1) is 0 Å². The summed E-state index contributed by atoms with van der Waals surface area (Å²) in [5.41, 5.74) is 5.41. The van der Waals surface area contributed by atoms with Crippen molar-refractivity contribution < 1.29 is 9.63 Å². The molecule has 0 heterocycles. The maximum atomic E-state index is 11.7. The number of amides is 1. The molecule has 3 N–H and O–H groups in total. The van der Waals surface area contributed by atoms with Crippen LogP contribution in [0.4, 0.5) is 0 Å². The molecule has 0 aliphatic rings. The maximum absolute atomic E-state index is 11.7. The Bertz CT molecular complexity index is 239. The quantitative estimate of drug-likeness (QED) is 0.273. The molecule has 94 valence electrons. The van der Waals surface area contributed by atoms with Gasteiger partial charge in [-0.1, -0.05) is 0 Å². The lowest BCUT2D eigenvalue weighted by molar-refractivity contribution is -0.171. The molecule has 1 atom stereocenters. The molecular weight excluding hydrogens is 208 g/mol. The van der Waals surface area contributed by atoms with Crippen molar-refractivity contribution in [1.82, 2.24) is 10.4 Å². The fraction of sp³-hybridized carbons (Fsp3) is 0.800. The van der Waals surface area contributed by atoms with E-state index in [0.29, 0.717) is 18.8 Å². The fourth-order valence-corrected chi connectivity index (χ4v) is 1.25. The van der Waals surface area contributed by atoms with Crippen molar-refractivity contribution in [3.63, 3.8) is 0 Å². The number of amidine groups is 1. The van der Waals surface area contributed by atoms with Crippen LogP contribution in [0.5, 0.6) is 0 Å². The van der Waals surface area contributed by atoms with Crippen molar-refractivity contribution in [2.75, 3.05) is 27.7 Å². The van der Waals surface area contributed by atoms with E-state index in [9.17, 15) is 4.79 Å². The van der Waals surface area contributed by atoms with E-state index >= 15 is 0 Å². The highest BCUT2D eigenvalue weighted by Gasteiger charge is 2.19. The number of likely N-dealkylation sites (N-methyl/N-ethyl adjacent to an activating group) is 2. The largest absolute Gasteiger partial charge is 0.388 e. The Morgan fingerprint density at radius 2 is 2.25 bits per heavy atom. The molecule has 0 aromatic heterocycles. The van der Waals surface area contributed by atoms with Gasteiger partial charge in [0, 0.05) is 13.6 Å². The van der Waals surface area contributed by atoms with Gasteiger partial charge in [0.1, 0.15) is 0 Å². The van der Waals surface area contributed by atoms with E-state index in [1.54, 1.807) is 21.0 Å². The summed E-state index contributed by atoms with van der Waals surface area (Å²) >= 11 is 0. The van der Waals surface area contributed by atoms with Crippen LogP contribution in [0.3, 0.4) is 0 Å².